The Morgan fingerprint density at radius 3 is 2.46 bits per heavy atom. The van der Waals surface area contributed by atoms with E-state index in [-0.39, 0.29) is 5.91 Å². The van der Waals surface area contributed by atoms with Crippen LogP contribution in [0.3, 0.4) is 0 Å². The number of benzene rings is 2. The van der Waals surface area contributed by atoms with E-state index >= 15 is 0 Å². The Morgan fingerprint density at radius 1 is 1.08 bits per heavy atom. The normalized spacial score (nSPS) is 10.2. The van der Waals surface area contributed by atoms with Gasteiger partial charge in [-0.3, -0.25) is 4.79 Å². The molecule has 0 fully saturated rings. The minimum Gasteiger partial charge on any atom is -0.492 e. The lowest BCUT2D eigenvalue weighted by molar-refractivity contribution is 0.102. The van der Waals surface area contributed by atoms with E-state index in [0.717, 1.165) is 5.69 Å². The first-order valence-corrected chi connectivity index (χ1v) is 8.41. The molecule has 0 atom stereocenters. The highest BCUT2D eigenvalue weighted by Crippen LogP contribution is 2.24. The topological polar surface area (TPSA) is 76.1 Å². The van der Waals surface area contributed by atoms with Crippen molar-refractivity contribution in [3.63, 3.8) is 0 Å². The second-order valence-corrected chi connectivity index (χ2v) is 5.75. The Bertz CT molecular complexity index is 883. The Morgan fingerprint density at radius 2 is 1.77 bits per heavy atom. The van der Waals surface area contributed by atoms with E-state index in [2.05, 4.69) is 20.6 Å². The summed E-state index contributed by atoms with van der Waals surface area (Å²) in [6, 6.07) is 14.4. The molecular formula is C19H17ClN4O2. The first-order chi connectivity index (χ1) is 12.7. The van der Waals surface area contributed by atoms with Gasteiger partial charge in [-0.05, 0) is 43.3 Å². The first-order valence-electron chi connectivity index (χ1n) is 8.03. The van der Waals surface area contributed by atoms with Gasteiger partial charge in [0.15, 0.2) is 0 Å². The van der Waals surface area contributed by atoms with Crippen LogP contribution in [0.1, 0.15) is 17.3 Å². The Labute approximate surface area is 156 Å². The SMILES string of the molecule is CCOc1ccccc1NC(=O)c1cnc(Nc2ccc(Cl)cc2)nc1. The number of rotatable bonds is 6. The van der Waals surface area contributed by atoms with Crippen molar-refractivity contribution < 1.29 is 9.53 Å². The minimum atomic E-state index is -0.310. The van der Waals surface area contributed by atoms with Gasteiger partial charge in [0, 0.05) is 23.1 Å². The van der Waals surface area contributed by atoms with Gasteiger partial charge in [-0.15, -0.1) is 0 Å². The van der Waals surface area contributed by atoms with E-state index in [0.29, 0.717) is 34.6 Å². The predicted octanol–water partition coefficient (Wildman–Crippen LogP) is 4.52. The monoisotopic (exact) mass is 368 g/mol. The summed E-state index contributed by atoms with van der Waals surface area (Å²) in [5.41, 5.74) is 1.75. The zero-order chi connectivity index (χ0) is 18.4. The van der Waals surface area contributed by atoms with Gasteiger partial charge in [0.1, 0.15) is 5.75 Å². The van der Waals surface area contributed by atoms with Gasteiger partial charge in [-0.25, -0.2) is 9.97 Å². The number of nitrogens with zero attached hydrogens (tertiary/aromatic N) is 2. The number of halogens is 1. The largest absolute Gasteiger partial charge is 0.492 e. The maximum atomic E-state index is 12.4. The van der Waals surface area contributed by atoms with Crippen LogP contribution in [0.2, 0.25) is 5.02 Å². The third kappa shape index (κ3) is 4.49. The van der Waals surface area contributed by atoms with Crippen molar-refractivity contribution in [1.29, 1.82) is 0 Å². The van der Waals surface area contributed by atoms with Gasteiger partial charge >= 0.3 is 0 Å². The molecule has 3 aromatic rings. The van der Waals surface area contributed by atoms with E-state index < -0.39 is 0 Å². The standard InChI is InChI=1S/C19H17ClN4O2/c1-2-26-17-6-4-3-5-16(17)24-18(25)13-11-21-19(22-12-13)23-15-9-7-14(20)8-10-15/h3-12H,2H2,1H3,(H,24,25)(H,21,22,23). The number of anilines is 3. The van der Waals surface area contributed by atoms with Crippen molar-refractivity contribution >= 4 is 34.8 Å². The Kier molecular flexibility index (Phi) is 5.66. The van der Waals surface area contributed by atoms with Crippen molar-refractivity contribution in [3.8, 4) is 5.75 Å². The number of ether oxygens (including phenoxy) is 1. The summed E-state index contributed by atoms with van der Waals surface area (Å²) in [7, 11) is 0. The molecule has 0 aliphatic carbocycles. The number of carbonyl (C=O) groups is 1. The molecule has 0 bridgehead atoms. The molecule has 1 heterocycles. The summed E-state index contributed by atoms with van der Waals surface area (Å²) in [5.74, 6) is 0.694. The van der Waals surface area contributed by atoms with Crippen LogP contribution >= 0.6 is 11.6 Å². The summed E-state index contributed by atoms with van der Waals surface area (Å²) in [5, 5.41) is 6.50. The molecule has 2 aromatic carbocycles. The fraction of sp³-hybridized carbons (Fsp3) is 0.105. The zero-order valence-corrected chi connectivity index (χ0v) is 14.8. The van der Waals surface area contributed by atoms with Crippen LogP contribution in [-0.4, -0.2) is 22.5 Å². The number of para-hydroxylation sites is 2. The van der Waals surface area contributed by atoms with Crippen LogP contribution in [0.5, 0.6) is 5.75 Å². The zero-order valence-electron chi connectivity index (χ0n) is 14.1. The van der Waals surface area contributed by atoms with E-state index in [1.165, 1.54) is 12.4 Å². The van der Waals surface area contributed by atoms with Crippen molar-refractivity contribution in [2.45, 2.75) is 6.92 Å². The Balaban J connectivity index is 1.68. The average molecular weight is 369 g/mol. The van der Waals surface area contributed by atoms with Crippen molar-refractivity contribution in [1.82, 2.24) is 9.97 Å². The van der Waals surface area contributed by atoms with Crippen molar-refractivity contribution in [2.24, 2.45) is 0 Å². The maximum Gasteiger partial charge on any atom is 0.258 e. The van der Waals surface area contributed by atoms with Gasteiger partial charge in [0.2, 0.25) is 5.95 Å². The van der Waals surface area contributed by atoms with E-state index in [1.807, 2.05) is 31.2 Å². The summed E-state index contributed by atoms with van der Waals surface area (Å²) in [6.45, 7) is 2.40. The fourth-order valence-corrected chi connectivity index (χ4v) is 2.34. The molecule has 0 aliphatic heterocycles. The lowest BCUT2D eigenvalue weighted by Crippen LogP contribution is -2.14. The number of amides is 1. The van der Waals surface area contributed by atoms with Crippen molar-refractivity contribution in [2.75, 3.05) is 17.2 Å². The van der Waals surface area contributed by atoms with Gasteiger partial charge < -0.3 is 15.4 Å². The van der Waals surface area contributed by atoms with Gasteiger partial charge in [0.25, 0.3) is 5.91 Å². The molecule has 26 heavy (non-hydrogen) atoms. The molecule has 1 aromatic heterocycles. The number of hydrogen-bond acceptors (Lipinski definition) is 5. The molecule has 2 N–H and O–H groups in total. The van der Waals surface area contributed by atoms with Crippen LogP contribution in [0.25, 0.3) is 0 Å². The van der Waals surface area contributed by atoms with E-state index in [1.54, 1.807) is 24.3 Å². The third-order valence-corrected chi connectivity index (χ3v) is 3.70. The van der Waals surface area contributed by atoms with Gasteiger partial charge in [-0.1, -0.05) is 23.7 Å². The van der Waals surface area contributed by atoms with Crippen molar-refractivity contribution in [3.05, 3.63) is 71.5 Å². The lowest BCUT2D eigenvalue weighted by Gasteiger charge is -2.11. The molecule has 7 heteroatoms. The molecule has 3 rings (SSSR count). The molecule has 1 amide bonds. The lowest BCUT2D eigenvalue weighted by atomic mass is 10.2. The van der Waals surface area contributed by atoms with Gasteiger partial charge in [-0.2, -0.15) is 0 Å². The quantitative estimate of drug-likeness (QED) is 0.668. The second kappa shape index (κ2) is 8.31. The van der Waals surface area contributed by atoms with E-state index in [4.69, 9.17) is 16.3 Å². The summed E-state index contributed by atoms with van der Waals surface area (Å²) >= 11 is 5.86. The molecule has 0 unspecified atom stereocenters. The van der Waals surface area contributed by atoms with Crippen LogP contribution in [0, 0.1) is 0 Å². The molecule has 0 saturated heterocycles. The van der Waals surface area contributed by atoms with E-state index in [9.17, 15) is 4.79 Å². The predicted molar refractivity (Wildman–Crippen MR) is 102 cm³/mol. The molecule has 0 radical (unpaired) electrons. The highest BCUT2D eigenvalue weighted by molar-refractivity contribution is 6.30. The number of carbonyl (C=O) groups excluding carboxylic acids is 1. The van der Waals surface area contributed by atoms with Crippen LogP contribution in [0.4, 0.5) is 17.3 Å². The Hall–Kier alpha value is -3.12. The second-order valence-electron chi connectivity index (χ2n) is 5.31. The highest BCUT2D eigenvalue weighted by atomic mass is 35.5. The summed E-state index contributed by atoms with van der Waals surface area (Å²) < 4.78 is 5.50. The number of nitrogens with one attached hydrogen (secondary N) is 2. The molecule has 0 aliphatic rings. The van der Waals surface area contributed by atoms with Crippen LogP contribution in [0.15, 0.2) is 60.9 Å². The first kappa shape index (κ1) is 17.7. The number of hydrogen-bond donors (Lipinski definition) is 2. The van der Waals surface area contributed by atoms with Crippen LogP contribution in [-0.2, 0) is 0 Å². The fourth-order valence-electron chi connectivity index (χ4n) is 2.22. The molecule has 0 spiro atoms. The molecule has 132 valence electrons. The molecule has 0 saturated carbocycles. The summed E-state index contributed by atoms with van der Waals surface area (Å²) in [4.78, 5) is 20.7. The number of aromatic nitrogens is 2. The molecule has 6 nitrogen and oxygen atoms in total. The highest BCUT2D eigenvalue weighted by Gasteiger charge is 2.11. The minimum absolute atomic E-state index is 0.310. The van der Waals surface area contributed by atoms with Crippen LogP contribution < -0.4 is 15.4 Å². The molecular weight excluding hydrogens is 352 g/mol. The average Bonchev–Trinajstić information content (AvgIpc) is 2.66. The third-order valence-electron chi connectivity index (χ3n) is 3.45. The van der Waals surface area contributed by atoms with Gasteiger partial charge in [0.05, 0.1) is 17.9 Å². The summed E-state index contributed by atoms with van der Waals surface area (Å²) in [6.07, 6.45) is 2.92. The smallest absolute Gasteiger partial charge is 0.258 e. The maximum absolute atomic E-state index is 12.4.